The summed E-state index contributed by atoms with van der Waals surface area (Å²) in [6.45, 7) is 2.33. The van der Waals surface area contributed by atoms with E-state index in [9.17, 15) is 18.0 Å². The summed E-state index contributed by atoms with van der Waals surface area (Å²) in [5.41, 5.74) is 0.763. The number of piperidine rings is 1. The summed E-state index contributed by atoms with van der Waals surface area (Å²) in [5.74, 6) is 0.608. The highest BCUT2D eigenvalue weighted by molar-refractivity contribution is 7.92. The third-order valence-corrected chi connectivity index (χ3v) is 7.86. The van der Waals surface area contributed by atoms with Gasteiger partial charge in [0.2, 0.25) is 15.9 Å². The maximum atomic E-state index is 12.6. The van der Waals surface area contributed by atoms with Crippen molar-refractivity contribution in [2.45, 2.75) is 51.6 Å². The van der Waals surface area contributed by atoms with Crippen LogP contribution >= 0.6 is 0 Å². The quantitative estimate of drug-likeness (QED) is 0.586. The van der Waals surface area contributed by atoms with E-state index in [-0.39, 0.29) is 17.5 Å². The molecule has 2 aromatic rings. The molecule has 10 heteroatoms. The molecule has 0 unspecified atom stereocenters. The van der Waals surface area contributed by atoms with Crippen LogP contribution in [0.2, 0.25) is 0 Å². The number of fused-ring (bicyclic) bond motifs is 1. The Morgan fingerprint density at radius 2 is 1.88 bits per heavy atom. The second-order valence-corrected chi connectivity index (χ2v) is 10.4. The molecule has 0 saturated carbocycles. The van der Waals surface area contributed by atoms with Crippen LogP contribution < -0.4 is 11.0 Å². The van der Waals surface area contributed by atoms with Crippen molar-refractivity contribution < 1.29 is 13.2 Å². The Morgan fingerprint density at radius 1 is 1.12 bits per heavy atom. The van der Waals surface area contributed by atoms with E-state index in [1.54, 1.807) is 10.6 Å². The van der Waals surface area contributed by atoms with Gasteiger partial charge in [0, 0.05) is 50.5 Å². The second kappa shape index (κ2) is 10.5. The summed E-state index contributed by atoms with van der Waals surface area (Å²) < 4.78 is 29.9. The number of aromatic nitrogens is 3. The van der Waals surface area contributed by atoms with Crippen LogP contribution in [-0.4, -0.2) is 52.6 Å². The van der Waals surface area contributed by atoms with Crippen molar-refractivity contribution in [3.05, 3.63) is 57.6 Å². The first-order chi connectivity index (χ1) is 15.9. The topological polar surface area (TPSA) is 106 Å². The van der Waals surface area contributed by atoms with Gasteiger partial charge in [-0.15, -0.1) is 0 Å². The highest BCUT2D eigenvalue weighted by Crippen LogP contribution is 2.21. The fourth-order valence-corrected chi connectivity index (χ4v) is 5.59. The Kier molecular flexibility index (Phi) is 7.44. The molecule has 33 heavy (non-hydrogen) atoms. The lowest BCUT2D eigenvalue weighted by Crippen LogP contribution is -2.42. The summed E-state index contributed by atoms with van der Waals surface area (Å²) in [4.78, 5) is 24.9. The lowest BCUT2D eigenvalue weighted by molar-refractivity contribution is -0.126. The van der Waals surface area contributed by atoms with Gasteiger partial charge in [0.05, 0.1) is 0 Å². The number of carbonyl (C=O) groups is 1. The van der Waals surface area contributed by atoms with Crippen LogP contribution in [0.3, 0.4) is 0 Å². The lowest BCUT2D eigenvalue weighted by atomic mass is 9.97. The average molecular weight is 474 g/mol. The van der Waals surface area contributed by atoms with Gasteiger partial charge in [-0.05, 0) is 43.7 Å². The normalized spacial score (nSPS) is 17.8. The Morgan fingerprint density at radius 3 is 2.61 bits per heavy atom. The largest absolute Gasteiger partial charge is 0.356 e. The molecule has 0 atom stereocenters. The predicted octanol–water partition coefficient (Wildman–Crippen LogP) is 1.60. The molecule has 1 aromatic heterocycles. The highest BCUT2D eigenvalue weighted by Gasteiger charge is 2.29. The average Bonchev–Trinajstić information content (AvgIpc) is 3.17. The molecular weight excluding hydrogens is 442 g/mol. The van der Waals surface area contributed by atoms with E-state index in [4.69, 9.17) is 0 Å². The molecule has 0 radical (unpaired) electrons. The Labute approximate surface area is 194 Å². The molecule has 1 saturated heterocycles. The van der Waals surface area contributed by atoms with E-state index in [1.165, 1.54) is 14.4 Å². The summed E-state index contributed by atoms with van der Waals surface area (Å²) in [5, 5.41) is 8.58. The Hall–Kier alpha value is -2.72. The molecule has 178 valence electrons. The molecular formula is C23H31N5O4S. The van der Waals surface area contributed by atoms with Crippen LogP contribution in [-0.2, 0) is 34.3 Å². The van der Waals surface area contributed by atoms with Gasteiger partial charge >= 0.3 is 5.69 Å². The van der Waals surface area contributed by atoms with E-state index in [0.29, 0.717) is 45.4 Å². The number of aryl methyl sites for hydroxylation is 2. The van der Waals surface area contributed by atoms with Crippen molar-refractivity contribution in [1.82, 2.24) is 24.0 Å². The van der Waals surface area contributed by atoms with Gasteiger partial charge in [-0.1, -0.05) is 30.3 Å². The fourth-order valence-electron chi connectivity index (χ4n) is 4.37. The fraction of sp³-hybridized carbons (Fsp3) is 0.522. The molecule has 2 aliphatic rings. The van der Waals surface area contributed by atoms with Crippen molar-refractivity contribution in [1.29, 1.82) is 0 Å². The van der Waals surface area contributed by atoms with Crippen LogP contribution in [0.5, 0.6) is 0 Å². The minimum Gasteiger partial charge on any atom is -0.356 e. The number of hydrogen-bond donors (Lipinski definition) is 1. The zero-order valence-corrected chi connectivity index (χ0v) is 19.5. The minimum atomic E-state index is -3.51. The van der Waals surface area contributed by atoms with E-state index in [0.717, 1.165) is 37.2 Å². The first-order valence-electron chi connectivity index (χ1n) is 11.6. The number of amides is 1. The van der Waals surface area contributed by atoms with Gasteiger partial charge < -0.3 is 5.32 Å². The molecule has 1 fully saturated rings. The van der Waals surface area contributed by atoms with Crippen molar-refractivity contribution in [3.8, 4) is 0 Å². The highest BCUT2D eigenvalue weighted by atomic mass is 32.2. The molecule has 2 aliphatic heterocycles. The van der Waals surface area contributed by atoms with E-state index in [1.807, 2.05) is 30.3 Å². The zero-order chi connectivity index (χ0) is 23.3. The van der Waals surface area contributed by atoms with Gasteiger partial charge in [0.1, 0.15) is 5.82 Å². The smallest absolute Gasteiger partial charge is 0.345 e. The second-order valence-electron chi connectivity index (χ2n) is 8.61. The monoisotopic (exact) mass is 473 g/mol. The first kappa shape index (κ1) is 23.4. The van der Waals surface area contributed by atoms with Crippen molar-refractivity contribution in [2.24, 2.45) is 5.92 Å². The van der Waals surface area contributed by atoms with Crippen molar-refractivity contribution >= 4 is 22.0 Å². The predicted molar refractivity (Wildman–Crippen MR) is 126 cm³/mol. The minimum absolute atomic E-state index is 0.0524. The molecule has 9 nitrogen and oxygen atoms in total. The van der Waals surface area contributed by atoms with Gasteiger partial charge in [-0.2, -0.15) is 9.40 Å². The summed E-state index contributed by atoms with van der Waals surface area (Å²) in [6.07, 6.45) is 6.13. The molecule has 4 rings (SSSR count). The number of benzene rings is 1. The van der Waals surface area contributed by atoms with E-state index < -0.39 is 10.0 Å². The number of nitrogens with one attached hydrogen (secondary N) is 1. The summed E-state index contributed by atoms with van der Waals surface area (Å²) >= 11 is 0. The van der Waals surface area contributed by atoms with E-state index >= 15 is 0 Å². The van der Waals surface area contributed by atoms with Gasteiger partial charge in [-0.25, -0.2) is 17.9 Å². The van der Waals surface area contributed by atoms with Crippen LogP contribution in [0, 0.1) is 5.92 Å². The van der Waals surface area contributed by atoms with Crippen LogP contribution in [0.15, 0.2) is 40.5 Å². The van der Waals surface area contributed by atoms with Crippen molar-refractivity contribution in [2.75, 3.05) is 19.6 Å². The molecule has 0 bridgehead atoms. The number of hydrogen-bond acceptors (Lipinski definition) is 5. The number of rotatable bonds is 8. The third kappa shape index (κ3) is 5.80. The number of sulfonamides is 1. The number of carbonyl (C=O) groups excluding carboxylic acids is 1. The zero-order valence-electron chi connectivity index (χ0n) is 18.7. The maximum Gasteiger partial charge on any atom is 0.345 e. The van der Waals surface area contributed by atoms with Crippen LogP contribution in [0.25, 0.3) is 6.08 Å². The lowest BCUT2D eigenvalue weighted by Gasteiger charge is -2.29. The standard InChI is InChI=1S/C23H31N5O4S/c29-22(24-13-6-15-28-23(30)27-14-5-4-9-21(27)25-28)20-10-16-26(17-11-20)33(31,32)18-12-19-7-2-1-3-8-19/h1-3,7-8,12,18,20H,4-6,9-11,13-17H2,(H,24,29)/b18-12+. The third-order valence-electron chi connectivity index (χ3n) is 6.29. The maximum absolute atomic E-state index is 12.6. The van der Waals surface area contributed by atoms with Gasteiger partial charge in [-0.3, -0.25) is 9.36 Å². The molecule has 1 amide bonds. The summed E-state index contributed by atoms with van der Waals surface area (Å²) in [7, 11) is -3.51. The van der Waals surface area contributed by atoms with Crippen LogP contribution in [0.4, 0.5) is 0 Å². The molecule has 1 N–H and O–H groups in total. The van der Waals surface area contributed by atoms with Crippen molar-refractivity contribution in [3.63, 3.8) is 0 Å². The molecule has 1 aromatic carbocycles. The Bertz CT molecular complexity index is 1150. The SMILES string of the molecule is O=C(NCCCn1nc2n(c1=O)CCCC2)C1CCN(S(=O)(=O)/C=C/c2ccccc2)CC1. The van der Waals surface area contributed by atoms with Gasteiger partial charge in [0.25, 0.3) is 0 Å². The number of nitrogens with zero attached hydrogens (tertiary/aromatic N) is 4. The molecule has 3 heterocycles. The molecule has 0 aliphatic carbocycles. The van der Waals surface area contributed by atoms with Crippen LogP contribution in [0.1, 0.15) is 43.5 Å². The Balaban J connectivity index is 1.20. The molecule has 0 spiro atoms. The summed E-state index contributed by atoms with van der Waals surface area (Å²) in [6, 6.07) is 9.29. The van der Waals surface area contributed by atoms with E-state index in [2.05, 4.69) is 10.4 Å². The first-order valence-corrected chi connectivity index (χ1v) is 13.1. The van der Waals surface area contributed by atoms with Gasteiger partial charge in [0.15, 0.2) is 0 Å².